The summed E-state index contributed by atoms with van der Waals surface area (Å²) in [6, 6.07) is 12.9. The van der Waals surface area contributed by atoms with Gasteiger partial charge < -0.3 is 15.5 Å². The predicted octanol–water partition coefficient (Wildman–Crippen LogP) is 6.23. The largest absolute Gasteiger partial charge is 0.397 e. The van der Waals surface area contributed by atoms with E-state index in [-0.39, 0.29) is 40.2 Å². The highest BCUT2D eigenvalue weighted by Gasteiger charge is 2.32. The summed E-state index contributed by atoms with van der Waals surface area (Å²) in [6.45, 7) is 3.58. The Labute approximate surface area is 214 Å². The van der Waals surface area contributed by atoms with Gasteiger partial charge in [-0.15, -0.1) is 5.48 Å². The zero-order valence-electron chi connectivity index (χ0n) is 19.7. The Bertz CT molecular complexity index is 1330. The Hall–Kier alpha value is -3.70. The molecule has 2 aromatic carbocycles. The molecule has 4 rings (SSSR count). The van der Waals surface area contributed by atoms with E-state index in [0.717, 1.165) is 11.1 Å². The van der Waals surface area contributed by atoms with Gasteiger partial charge in [0.1, 0.15) is 24.1 Å². The molecule has 194 valence electrons. The third-order valence-electron chi connectivity index (χ3n) is 5.47. The topological polar surface area (TPSA) is 87.6 Å². The predicted molar refractivity (Wildman–Crippen MR) is 133 cm³/mol. The summed E-state index contributed by atoms with van der Waals surface area (Å²) in [6.07, 6.45) is -5.24. The third-order valence-corrected chi connectivity index (χ3v) is 5.78. The molecule has 1 amide bonds. The molecular formula is C25H22ClF4N5O2. The summed E-state index contributed by atoms with van der Waals surface area (Å²) in [5.74, 6) is -1.45. The quantitative estimate of drug-likeness (QED) is 0.312. The number of aromatic nitrogens is 1. The minimum atomic E-state index is -4.66. The monoisotopic (exact) mass is 535 g/mol. The number of hydrogen-bond donors (Lipinski definition) is 3. The summed E-state index contributed by atoms with van der Waals surface area (Å²) in [4.78, 5) is 25.6. The Morgan fingerprint density at radius 2 is 1.92 bits per heavy atom. The van der Waals surface area contributed by atoms with Crippen molar-refractivity contribution in [1.82, 2.24) is 10.5 Å². The molecule has 12 heteroatoms. The fourth-order valence-corrected chi connectivity index (χ4v) is 3.93. The molecule has 7 nitrogen and oxygen atoms in total. The maximum atomic E-state index is 14.7. The van der Waals surface area contributed by atoms with Crippen molar-refractivity contribution in [2.24, 2.45) is 4.99 Å². The zero-order valence-corrected chi connectivity index (χ0v) is 20.4. The van der Waals surface area contributed by atoms with E-state index in [2.05, 4.69) is 26.1 Å². The molecule has 1 aromatic heterocycles. The van der Waals surface area contributed by atoms with E-state index in [0.29, 0.717) is 5.56 Å². The average molecular weight is 536 g/mol. The molecule has 0 aliphatic carbocycles. The Balaban J connectivity index is 1.55. The van der Waals surface area contributed by atoms with E-state index >= 15 is 0 Å². The van der Waals surface area contributed by atoms with E-state index in [1.807, 2.05) is 12.1 Å². The summed E-state index contributed by atoms with van der Waals surface area (Å²) < 4.78 is 52.5. The number of hydrogen-bond acceptors (Lipinski definition) is 6. The van der Waals surface area contributed by atoms with Gasteiger partial charge in [-0.05, 0) is 42.7 Å². The van der Waals surface area contributed by atoms with Gasteiger partial charge in [0.05, 0.1) is 16.6 Å². The molecule has 2 heterocycles. The number of pyridine rings is 1. The minimum absolute atomic E-state index is 0.0371. The van der Waals surface area contributed by atoms with Crippen LogP contribution >= 0.6 is 11.6 Å². The van der Waals surface area contributed by atoms with Crippen LogP contribution in [0.4, 0.5) is 29.1 Å². The van der Waals surface area contributed by atoms with Gasteiger partial charge in [-0.2, -0.15) is 13.2 Å². The summed E-state index contributed by atoms with van der Waals surface area (Å²) in [5, 5.41) is 5.29. The standard InChI is InChI=1S/C25H22ClF4N5O2/c1-13(32-23-22(18(26)10-11-31-23)34-20(36)12-25(28,29)30)15-6-8-16(9-7-15)17-4-3-5-19(27)21(17)24-33-14(2)35-37-24/h3-11,13-14,35H,12H2,1-2H3,(H,31,32)(H,34,36)/t13-,14?/m1/s1. The number of anilines is 2. The van der Waals surface area contributed by atoms with Crippen LogP contribution in [0.3, 0.4) is 0 Å². The maximum Gasteiger partial charge on any atom is 0.397 e. The van der Waals surface area contributed by atoms with E-state index in [1.165, 1.54) is 18.3 Å². The number of amides is 1. The van der Waals surface area contributed by atoms with Crippen molar-refractivity contribution in [3.8, 4) is 11.1 Å². The van der Waals surface area contributed by atoms with Crippen molar-refractivity contribution < 1.29 is 27.2 Å². The lowest BCUT2D eigenvalue weighted by molar-refractivity contribution is -0.150. The highest BCUT2D eigenvalue weighted by Crippen LogP contribution is 2.33. The summed E-state index contributed by atoms with van der Waals surface area (Å²) in [7, 11) is 0. The smallest absolute Gasteiger partial charge is 0.386 e. The molecular weight excluding hydrogens is 514 g/mol. The molecule has 3 N–H and O–H groups in total. The van der Waals surface area contributed by atoms with Crippen LogP contribution in [0.5, 0.6) is 0 Å². The average Bonchev–Trinajstić information content (AvgIpc) is 3.25. The lowest BCUT2D eigenvalue weighted by atomic mass is 9.97. The number of alkyl halides is 3. The Morgan fingerprint density at radius 3 is 2.57 bits per heavy atom. The van der Waals surface area contributed by atoms with Crippen LogP contribution in [0.25, 0.3) is 11.1 Å². The second kappa shape index (κ2) is 10.7. The first kappa shape index (κ1) is 26.4. The molecule has 0 saturated heterocycles. The van der Waals surface area contributed by atoms with E-state index in [4.69, 9.17) is 16.4 Å². The van der Waals surface area contributed by atoms with Crippen LogP contribution in [0.2, 0.25) is 5.02 Å². The van der Waals surface area contributed by atoms with Gasteiger partial charge in [-0.25, -0.2) is 14.4 Å². The number of benzene rings is 2. The van der Waals surface area contributed by atoms with Crippen LogP contribution in [0, 0.1) is 5.82 Å². The maximum absolute atomic E-state index is 14.7. The molecule has 0 spiro atoms. The lowest BCUT2D eigenvalue weighted by Crippen LogP contribution is -2.22. The first-order chi connectivity index (χ1) is 17.5. The second-order valence-electron chi connectivity index (χ2n) is 8.34. The van der Waals surface area contributed by atoms with E-state index < -0.39 is 24.3 Å². The van der Waals surface area contributed by atoms with E-state index in [9.17, 15) is 22.4 Å². The zero-order chi connectivity index (χ0) is 26.7. The van der Waals surface area contributed by atoms with Crippen molar-refractivity contribution in [2.45, 2.75) is 38.7 Å². The molecule has 3 aromatic rings. The van der Waals surface area contributed by atoms with Crippen LogP contribution < -0.4 is 16.1 Å². The molecule has 1 aliphatic heterocycles. The van der Waals surface area contributed by atoms with Gasteiger partial charge in [0.25, 0.3) is 0 Å². The van der Waals surface area contributed by atoms with Gasteiger partial charge >= 0.3 is 6.18 Å². The highest BCUT2D eigenvalue weighted by molar-refractivity contribution is 6.34. The van der Waals surface area contributed by atoms with Crippen molar-refractivity contribution >= 4 is 34.9 Å². The molecule has 1 aliphatic rings. The fraction of sp³-hybridized carbons (Fsp3) is 0.240. The summed E-state index contributed by atoms with van der Waals surface area (Å²) >= 11 is 6.12. The molecule has 2 atom stereocenters. The Kier molecular flexibility index (Phi) is 7.65. The molecule has 0 radical (unpaired) electrons. The molecule has 0 saturated carbocycles. The van der Waals surface area contributed by atoms with Gasteiger partial charge in [0.2, 0.25) is 11.8 Å². The number of carbonyl (C=O) groups is 1. The van der Waals surface area contributed by atoms with Crippen molar-refractivity contribution in [2.75, 3.05) is 10.6 Å². The minimum Gasteiger partial charge on any atom is -0.386 e. The molecule has 0 fully saturated rings. The highest BCUT2D eigenvalue weighted by atomic mass is 35.5. The molecule has 1 unspecified atom stereocenters. The fourth-order valence-electron chi connectivity index (χ4n) is 3.74. The number of aliphatic imine (C=N–C) groups is 1. The first-order valence-corrected chi connectivity index (χ1v) is 11.6. The van der Waals surface area contributed by atoms with Gasteiger partial charge in [-0.3, -0.25) is 4.79 Å². The molecule has 0 bridgehead atoms. The van der Waals surface area contributed by atoms with Gasteiger partial charge in [0.15, 0.2) is 5.82 Å². The number of nitrogens with one attached hydrogen (secondary N) is 3. The van der Waals surface area contributed by atoms with Crippen molar-refractivity contribution in [1.29, 1.82) is 0 Å². The molecule has 37 heavy (non-hydrogen) atoms. The van der Waals surface area contributed by atoms with Crippen LogP contribution in [0.1, 0.15) is 37.4 Å². The van der Waals surface area contributed by atoms with Crippen LogP contribution in [0.15, 0.2) is 59.7 Å². The van der Waals surface area contributed by atoms with E-state index in [1.54, 1.807) is 38.1 Å². The van der Waals surface area contributed by atoms with Gasteiger partial charge in [0, 0.05) is 6.20 Å². The number of nitrogens with zero attached hydrogens (tertiary/aromatic N) is 2. The summed E-state index contributed by atoms with van der Waals surface area (Å²) in [5.41, 5.74) is 4.97. The SMILES string of the molecule is CC1N=C(c2c(F)cccc2-c2ccc([C@@H](C)Nc3nccc(Cl)c3NC(=O)CC(F)(F)F)cc2)ON1. The number of halogens is 5. The number of carbonyl (C=O) groups excluding carboxylic acids is 1. The first-order valence-electron chi connectivity index (χ1n) is 11.2. The van der Waals surface area contributed by atoms with Crippen molar-refractivity contribution in [3.05, 3.63) is 76.7 Å². The number of hydroxylamine groups is 1. The Morgan fingerprint density at radius 1 is 1.19 bits per heavy atom. The lowest BCUT2D eigenvalue weighted by Gasteiger charge is -2.19. The number of rotatable bonds is 7. The third kappa shape index (κ3) is 6.36. The van der Waals surface area contributed by atoms with Crippen LogP contribution in [-0.2, 0) is 9.63 Å². The second-order valence-corrected chi connectivity index (χ2v) is 8.74. The van der Waals surface area contributed by atoms with Gasteiger partial charge in [-0.1, -0.05) is 48.0 Å². The van der Waals surface area contributed by atoms with Crippen LogP contribution in [-0.4, -0.2) is 29.1 Å². The normalized spacial score (nSPS) is 16.1. The van der Waals surface area contributed by atoms with Crippen molar-refractivity contribution in [3.63, 3.8) is 0 Å².